The van der Waals surface area contributed by atoms with Crippen LogP contribution in [0.5, 0.6) is 0 Å². The minimum atomic E-state index is -4.38. The van der Waals surface area contributed by atoms with Gasteiger partial charge in [-0.25, -0.2) is 0 Å². The Bertz CT molecular complexity index is 682. The molecule has 3 unspecified atom stereocenters. The van der Waals surface area contributed by atoms with E-state index >= 15 is 0 Å². The van der Waals surface area contributed by atoms with Crippen molar-refractivity contribution in [3.63, 3.8) is 0 Å². The summed E-state index contributed by atoms with van der Waals surface area (Å²) in [7, 11) is -4.38. The van der Waals surface area contributed by atoms with Crippen LogP contribution in [0.3, 0.4) is 0 Å². The minimum absolute atomic E-state index is 0.290. The molecule has 0 radical (unpaired) electrons. The molecule has 0 aliphatic rings. The summed E-state index contributed by atoms with van der Waals surface area (Å²) in [5, 5.41) is 23.1. The molecule has 0 rings (SSSR count). The topological polar surface area (TPSA) is 124 Å². The van der Waals surface area contributed by atoms with Gasteiger partial charge in [0.2, 0.25) is 5.91 Å². The van der Waals surface area contributed by atoms with Crippen molar-refractivity contribution < 1.29 is 28.0 Å². The molecule has 0 fully saturated rings. The van der Waals surface area contributed by atoms with Crippen molar-refractivity contribution in [3.8, 4) is 0 Å². The molecule has 0 heterocycles. The molecule has 0 spiro atoms. The lowest BCUT2D eigenvalue weighted by Crippen LogP contribution is -2.50. The molecular formula is C30H59NO6S. The van der Waals surface area contributed by atoms with Gasteiger partial charge < -0.3 is 15.5 Å². The fraction of sp³-hybridized carbons (Fsp3) is 0.900. The molecule has 0 saturated heterocycles. The Morgan fingerprint density at radius 1 is 0.684 bits per heavy atom. The van der Waals surface area contributed by atoms with E-state index < -0.39 is 40.0 Å². The molecule has 38 heavy (non-hydrogen) atoms. The highest BCUT2D eigenvalue weighted by atomic mass is 32.2. The second-order valence-electron chi connectivity index (χ2n) is 10.9. The Labute approximate surface area is 234 Å². The van der Waals surface area contributed by atoms with Crippen LogP contribution >= 0.6 is 0 Å². The maximum absolute atomic E-state index is 12.4. The standard InChI is InChI=1S/C30H59NO6S/c1-3-5-7-9-10-11-12-13-14-15-16-17-18-19-21-23-25-29(33)30(34)31-27(26-38(35,36)37)28(32)24-22-20-8-6-4-2/h13-14,27-29,32-33H,3-12,15-26H2,1-2H3,(H,31,34)(H,35,36,37)/b14-13-. The summed E-state index contributed by atoms with van der Waals surface area (Å²) in [4.78, 5) is 12.4. The maximum Gasteiger partial charge on any atom is 0.266 e. The van der Waals surface area contributed by atoms with Gasteiger partial charge in [0.05, 0.1) is 17.9 Å². The summed E-state index contributed by atoms with van der Waals surface area (Å²) < 4.78 is 32.0. The monoisotopic (exact) mass is 561 g/mol. The van der Waals surface area contributed by atoms with Crippen LogP contribution in [0.25, 0.3) is 0 Å². The Morgan fingerprint density at radius 3 is 1.58 bits per heavy atom. The summed E-state index contributed by atoms with van der Waals surface area (Å²) >= 11 is 0. The quantitative estimate of drug-likeness (QED) is 0.0493. The number of aliphatic hydroxyl groups is 2. The molecule has 0 aliphatic carbocycles. The number of nitrogens with one attached hydrogen (secondary N) is 1. The highest BCUT2D eigenvalue weighted by Gasteiger charge is 2.28. The van der Waals surface area contributed by atoms with Gasteiger partial charge in [-0.05, 0) is 38.5 Å². The molecule has 4 N–H and O–H groups in total. The van der Waals surface area contributed by atoms with Gasteiger partial charge in [0, 0.05) is 0 Å². The van der Waals surface area contributed by atoms with Crippen LogP contribution in [-0.4, -0.2) is 53.1 Å². The summed E-state index contributed by atoms with van der Waals surface area (Å²) in [5.41, 5.74) is 0. The van der Waals surface area contributed by atoms with E-state index in [-0.39, 0.29) is 0 Å². The molecule has 3 atom stereocenters. The first kappa shape index (κ1) is 37.0. The van der Waals surface area contributed by atoms with Gasteiger partial charge in [-0.2, -0.15) is 8.42 Å². The molecule has 8 heteroatoms. The number of aliphatic hydroxyl groups excluding tert-OH is 2. The molecule has 0 saturated carbocycles. The van der Waals surface area contributed by atoms with Crippen molar-refractivity contribution in [2.24, 2.45) is 0 Å². The lowest BCUT2D eigenvalue weighted by molar-refractivity contribution is -0.131. The van der Waals surface area contributed by atoms with E-state index in [1.165, 1.54) is 57.8 Å². The van der Waals surface area contributed by atoms with E-state index in [2.05, 4.69) is 31.3 Å². The van der Waals surface area contributed by atoms with Gasteiger partial charge in [0.25, 0.3) is 10.1 Å². The Hall–Kier alpha value is -0.960. The zero-order valence-corrected chi connectivity index (χ0v) is 25.2. The summed E-state index contributed by atoms with van der Waals surface area (Å²) in [6, 6.07) is -1.14. The number of allylic oxidation sites excluding steroid dienone is 2. The highest BCUT2D eigenvalue weighted by Crippen LogP contribution is 2.14. The van der Waals surface area contributed by atoms with Crippen LogP contribution in [0.1, 0.15) is 149 Å². The first-order chi connectivity index (χ1) is 18.2. The van der Waals surface area contributed by atoms with Crippen molar-refractivity contribution in [2.45, 2.75) is 167 Å². The molecule has 0 aliphatic heterocycles. The predicted octanol–water partition coefficient (Wildman–Crippen LogP) is 6.87. The lowest BCUT2D eigenvalue weighted by atomic mass is 10.0. The molecule has 0 aromatic rings. The lowest BCUT2D eigenvalue weighted by Gasteiger charge is -2.24. The number of rotatable bonds is 27. The fourth-order valence-electron chi connectivity index (χ4n) is 4.63. The predicted molar refractivity (Wildman–Crippen MR) is 158 cm³/mol. The third-order valence-electron chi connectivity index (χ3n) is 7.08. The van der Waals surface area contributed by atoms with Gasteiger partial charge in [0.15, 0.2) is 0 Å². The molecule has 0 bridgehead atoms. The van der Waals surface area contributed by atoms with E-state index in [1.54, 1.807) is 0 Å². The second kappa shape index (κ2) is 25.0. The summed E-state index contributed by atoms with van der Waals surface area (Å²) in [5.74, 6) is -1.47. The van der Waals surface area contributed by atoms with E-state index in [4.69, 9.17) is 0 Å². The summed E-state index contributed by atoms with van der Waals surface area (Å²) in [6.07, 6.45) is 24.3. The van der Waals surface area contributed by atoms with Gasteiger partial charge >= 0.3 is 0 Å². The first-order valence-electron chi connectivity index (χ1n) is 15.5. The van der Waals surface area contributed by atoms with E-state index in [1.807, 2.05) is 0 Å². The molecule has 226 valence electrons. The van der Waals surface area contributed by atoms with Crippen molar-refractivity contribution in [2.75, 3.05) is 5.75 Å². The van der Waals surface area contributed by atoms with Gasteiger partial charge in [-0.3, -0.25) is 9.35 Å². The Balaban J connectivity index is 4.00. The maximum atomic E-state index is 12.4. The van der Waals surface area contributed by atoms with E-state index in [0.717, 1.165) is 51.4 Å². The third-order valence-corrected chi connectivity index (χ3v) is 7.86. The molecule has 1 amide bonds. The summed E-state index contributed by atoms with van der Waals surface area (Å²) in [6.45, 7) is 4.35. The number of hydrogen-bond donors (Lipinski definition) is 4. The van der Waals surface area contributed by atoms with Gasteiger partial charge in [-0.15, -0.1) is 0 Å². The molecule has 7 nitrogen and oxygen atoms in total. The normalized spacial score (nSPS) is 14.6. The van der Waals surface area contributed by atoms with Gasteiger partial charge in [-0.1, -0.05) is 122 Å². The average molecular weight is 562 g/mol. The van der Waals surface area contributed by atoms with Crippen LogP contribution in [0.4, 0.5) is 0 Å². The number of amides is 1. The van der Waals surface area contributed by atoms with Crippen LogP contribution in [-0.2, 0) is 14.9 Å². The molecular weight excluding hydrogens is 502 g/mol. The number of hydrogen-bond acceptors (Lipinski definition) is 5. The van der Waals surface area contributed by atoms with Gasteiger partial charge in [0.1, 0.15) is 6.10 Å². The zero-order valence-electron chi connectivity index (χ0n) is 24.4. The van der Waals surface area contributed by atoms with Crippen LogP contribution in [0.15, 0.2) is 12.2 Å². The van der Waals surface area contributed by atoms with Crippen LogP contribution < -0.4 is 5.32 Å². The zero-order chi connectivity index (χ0) is 28.5. The fourth-order valence-corrected chi connectivity index (χ4v) is 5.39. The number of unbranched alkanes of at least 4 members (excludes halogenated alkanes) is 16. The van der Waals surface area contributed by atoms with E-state index in [9.17, 15) is 28.0 Å². The second-order valence-corrected chi connectivity index (χ2v) is 12.4. The van der Waals surface area contributed by atoms with E-state index in [0.29, 0.717) is 25.7 Å². The first-order valence-corrected chi connectivity index (χ1v) is 17.1. The smallest absolute Gasteiger partial charge is 0.266 e. The minimum Gasteiger partial charge on any atom is -0.391 e. The SMILES string of the molecule is CCCCCCCC/C=C\CCCCCCCCC(O)C(=O)NC(CS(=O)(=O)O)C(O)CCCCCCC. The third kappa shape index (κ3) is 24.1. The van der Waals surface area contributed by atoms with Crippen LogP contribution in [0, 0.1) is 0 Å². The Kier molecular flexibility index (Phi) is 24.4. The number of carbonyl (C=O) groups is 1. The molecule has 0 aromatic heterocycles. The molecule has 0 aromatic carbocycles. The van der Waals surface area contributed by atoms with Crippen molar-refractivity contribution in [3.05, 3.63) is 12.2 Å². The largest absolute Gasteiger partial charge is 0.391 e. The van der Waals surface area contributed by atoms with Crippen LogP contribution in [0.2, 0.25) is 0 Å². The average Bonchev–Trinajstić information content (AvgIpc) is 2.86. The van der Waals surface area contributed by atoms with Crippen molar-refractivity contribution in [1.29, 1.82) is 0 Å². The highest BCUT2D eigenvalue weighted by molar-refractivity contribution is 7.85. The van der Waals surface area contributed by atoms with Crippen molar-refractivity contribution in [1.82, 2.24) is 5.32 Å². The van der Waals surface area contributed by atoms with Crippen molar-refractivity contribution >= 4 is 16.0 Å². The Morgan fingerprint density at radius 2 is 1.11 bits per heavy atom. The number of carbonyl (C=O) groups excluding carboxylic acids is 1.